The van der Waals surface area contributed by atoms with Gasteiger partial charge in [0.2, 0.25) is 10.0 Å². The summed E-state index contributed by atoms with van der Waals surface area (Å²) >= 11 is 0. The normalized spacial score (nSPS) is 11.8. The Bertz CT molecular complexity index is 520. The first kappa shape index (κ1) is 14.9. The second-order valence-corrected chi connectivity index (χ2v) is 5.53. The maximum Gasteiger partial charge on any atom is 0.208 e. The summed E-state index contributed by atoms with van der Waals surface area (Å²) in [5.74, 6) is -3.21. The lowest BCUT2D eigenvalue weighted by molar-refractivity contribution is 0.487. The first-order valence-electron chi connectivity index (χ1n) is 5.08. The molecule has 1 aromatic carbocycles. The monoisotopic (exact) mass is 282 g/mol. The molecule has 102 valence electrons. The van der Waals surface area contributed by atoms with Crippen LogP contribution in [0.2, 0.25) is 0 Å². The predicted molar refractivity (Wildman–Crippen MR) is 60.9 cm³/mol. The van der Waals surface area contributed by atoms with Gasteiger partial charge in [-0.05, 0) is 6.07 Å². The lowest BCUT2D eigenvalue weighted by Gasteiger charge is -2.07. The van der Waals surface area contributed by atoms with E-state index in [1.807, 2.05) is 0 Å². The van der Waals surface area contributed by atoms with Crippen LogP contribution in [0, 0.1) is 17.5 Å². The fourth-order valence-electron chi connectivity index (χ4n) is 1.25. The molecule has 0 aliphatic heterocycles. The van der Waals surface area contributed by atoms with Crippen molar-refractivity contribution in [1.82, 2.24) is 10.0 Å². The maximum atomic E-state index is 13.2. The predicted octanol–water partition coefficient (Wildman–Crippen LogP) is 0.743. The van der Waals surface area contributed by atoms with Crippen molar-refractivity contribution in [2.45, 2.75) is 6.54 Å². The van der Waals surface area contributed by atoms with Gasteiger partial charge in [-0.25, -0.2) is 26.3 Å². The van der Waals surface area contributed by atoms with Gasteiger partial charge in [-0.1, -0.05) is 0 Å². The van der Waals surface area contributed by atoms with Gasteiger partial charge in [0.25, 0.3) is 0 Å². The van der Waals surface area contributed by atoms with Crippen LogP contribution in [0.1, 0.15) is 5.56 Å². The number of hydrogen-bond acceptors (Lipinski definition) is 3. The molecule has 0 spiro atoms. The number of sulfonamides is 1. The van der Waals surface area contributed by atoms with Crippen molar-refractivity contribution in [2.75, 3.05) is 19.3 Å². The summed E-state index contributed by atoms with van der Waals surface area (Å²) in [5, 5.41) is 2.71. The third-order valence-electron chi connectivity index (χ3n) is 2.07. The summed E-state index contributed by atoms with van der Waals surface area (Å²) in [6, 6.07) is 1.24. The highest BCUT2D eigenvalue weighted by Gasteiger charge is 2.09. The first-order valence-corrected chi connectivity index (χ1v) is 6.97. The molecule has 0 radical (unpaired) electrons. The van der Waals surface area contributed by atoms with Crippen molar-refractivity contribution >= 4 is 10.0 Å². The van der Waals surface area contributed by atoms with Gasteiger partial charge >= 0.3 is 0 Å². The first-order chi connectivity index (χ1) is 8.29. The molecule has 0 aliphatic carbocycles. The number of benzene rings is 1. The maximum absolute atomic E-state index is 13.2. The second kappa shape index (κ2) is 6.17. The fourth-order valence-corrected chi connectivity index (χ4v) is 1.72. The van der Waals surface area contributed by atoms with Gasteiger partial charge in [0, 0.05) is 31.3 Å². The molecule has 0 saturated carbocycles. The smallest absolute Gasteiger partial charge is 0.208 e. The average Bonchev–Trinajstić information content (AvgIpc) is 2.23. The number of hydrogen-bond donors (Lipinski definition) is 2. The van der Waals surface area contributed by atoms with Crippen LogP contribution >= 0.6 is 0 Å². The van der Waals surface area contributed by atoms with E-state index in [-0.39, 0.29) is 25.2 Å². The highest BCUT2D eigenvalue weighted by Crippen LogP contribution is 2.13. The lowest BCUT2D eigenvalue weighted by Crippen LogP contribution is -2.31. The molecule has 0 saturated heterocycles. The Hall–Kier alpha value is -1.12. The molecule has 0 atom stereocenters. The minimum absolute atomic E-state index is 0.0194. The summed E-state index contributed by atoms with van der Waals surface area (Å²) in [4.78, 5) is 0. The molecular weight excluding hydrogens is 269 g/mol. The number of rotatable bonds is 6. The third-order valence-corrected chi connectivity index (χ3v) is 2.80. The molecule has 1 rings (SSSR count). The molecule has 0 aromatic heterocycles. The third kappa shape index (κ3) is 5.03. The van der Waals surface area contributed by atoms with Crippen LogP contribution in [-0.4, -0.2) is 27.8 Å². The summed E-state index contributed by atoms with van der Waals surface area (Å²) in [5.41, 5.74) is -0.0201. The van der Waals surface area contributed by atoms with Crippen LogP contribution in [0.15, 0.2) is 12.1 Å². The zero-order chi connectivity index (χ0) is 13.8. The van der Waals surface area contributed by atoms with E-state index in [0.717, 1.165) is 12.3 Å². The molecule has 18 heavy (non-hydrogen) atoms. The second-order valence-electron chi connectivity index (χ2n) is 3.70. The molecule has 0 aliphatic rings. The molecular formula is C10H13F3N2O2S. The zero-order valence-electron chi connectivity index (χ0n) is 9.63. The minimum Gasteiger partial charge on any atom is -0.311 e. The molecule has 4 nitrogen and oxygen atoms in total. The highest BCUT2D eigenvalue weighted by molar-refractivity contribution is 7.88. The Morgan fingerprint density at radius 3 is 2.28 bits per heavy atom. The van der Waals surface area contributed by atoms with E-state index >= 15 is 0 Å². The van der Waals surface area contributed by atoms with Crippen molar-refractivity contribution in [3.8, 4) is 0 Å². The van der Waals surface area contributed by atoms with Gasteiger partial charge in [-0.15, -0.1) is 0 Å². The Kier molecular flexibility index (Phi) is 5.12. The topological polar surface area (TPSA) is 58.2 Å². The molecule has 1 aromatic rings. The molecule has 0 fully saturated rings. The van der Waals surface area contributed by atoms with E-state index in [1.165, 1.54) is 0 Å². The molecule has 0 heterocycles. The number of nitrogens with one attached hydrogen (secondary N) is 2. The summed E-state index contributed by atoms with van der Waals surface area (Å²) in [6.45, 7) is 0.351. The molecule has 8 heteroatoms. The summed E-state index contributed by atoms with van der Waals surface area (Å²) < 4.78 is 62.3. The Balaban J connectivity index is 2.43. The van der Waals surface area contributed by atoms with E-state index in [2.05, 4.69) is 10.0 Å². The van der Waals surface area contributed by atoms with Gasteiger partial charge in [0.15, 0.2) is 11.6 Å². The van der Waals surface area contributed by atoms with Crippen molar-refractivity contribution in [1.29, 1.82) is 0 Å². The standard InChI is InChI=1S/C10H13F3N2O2S/c1-18(16,17)15-3-2-14-6-7-4-9(12)10(13)5-8(7)11/h4-5,14-15H,2-3,6H2,1H3. The van der Waals surface area contributed by atoms with E-state index in [1.54, 1.807) is 0 Å². The highest BCUT2D eigenvalue weighted by atomic mass is 32.2. The van der Waals surface area contributed by atoms with Crippen LogP contribution in [0.25, 0.3) is 0 Å². The molecule has 2 N–H and O–H groups in total. The molecule has 0 amide bonds. The Labute approximate surface area is 103 Å². The van der Waals surface area contributed by atoms with Crippen LogP contribution < -0.4 is 10.0 Å². The van der Waals surface area contributed by atoms with Crippen molar-refractivity contribution < 1.29 is 21.6 Å². The average molecular weight is 282 g/mol. The van der Waals surface area contributed by atoms with Crippen LogP contribution in [0.5, 0.6) is 0 Å². The lowest BCUT2D eigenvalue weighted by atomic mass is 10.2. The minimum atomic E-state index is -3.26. The van der Waals surface area contributed by atoms with Gasteiger partial charge in [-0.3, -0.25) is 0 Å². The van der Waals surface area contributed by atoms with E-state index in [4.69, 9.17) is 0 Å². The fraction of sp³-hybridized carbons (Fsp3) is 0.400. The quantitative estimate of drug-likeness (QED) is 0.598. The van der Waals surface area contributed by atoms with Gasteiger partial charge in [-0.2, -0.15) is 0 Å². The van der Waals surface area contributed by atoms with Crippen LogP contribution in [0.3, 0.4) is 0 Å². The molecule has 0 unspecified atom stereocenters. The Morgan fingerprint density at radius 1 is 1.06 bits per heavy atom. The largest absolute Gasteiger partial charge is 0.311 e. The summed E-state index contributed by atoms with van der Waals surface area (Å²) in [6.07, 6.45) is 1.02. The van der Waals surface area contributed by atoms with E-state index in [0.29, 0.717) is 6.07 Å². The zero-order valence-corrected chi connectivity index (χ0v) is 10.5. The SMILES string of the molecule is CS(=O)(=O)NCCNCc1cc(F)c(F)cc1F. The number of halogens is 3. The molecule has 0 bridgehead atoms. The van der Waals surface area contributed by atoms with Crippen molar-refractivity contribution in [2.24, 2.45) is 0 Å². The van der Waals surface area contributed by atoms with Gasteiger partial charge in [0.05, 0.1) is 6.26 Å². The Morgan fingerprint density at radius 2 is 1.67 bits per heavy atom. The van der Waals surface area contributed by atoms with Crippen molar-refractivity contribution in [3.05, 3.63) is 35.1 Å². The van der Waals surface area contributed by atoms with E-state index in [9.17, 15) is 21.6 Å². The van der Waals surface area contributed by atoms with Crippen LogP contribution in [0.4, 0.5) is 13.2 Å². The van der Waals surface area contributed by atoms with Crippen molar-refractivity contribution in [3.63, 3.8) is 0 Å². The summed E-state index contributed by atoms with van der Waals surface area (Å²) in [7, 11) is -3.26. The van der Waals surface area contributed by atoms with Gasteiger partial charge < -0.3 is 5.32 Å². The van der Waals surface area contributed by atoms with Gasteiger partial charge in [0.1, 0.15) is 5.82 Å². The van der Waals surface area contributed by atoms with Crippen LogP contribution in [-0.2, 0) is 16.6 Å². The van der Waals surface area contributed by atoms with E-state index < -0.39 is 27.5 Å².